The van der Waals surface area contributed by atoms with Gasteiger partial charge in [0.2, 0.25) is 5.76 Å². The zero-order valence-corrected chi connectivity index (χ0v) is 11.1. The highest BCUT2D eigenvalue weighted by Gasteiger charge is 2.07. The van der Waals surface area contributed by atoms with Crippen molar-refractivity contribution in [3.63, 3.8) is 0 Å². The van der Waals surface area contributed by atoms with Crippen LogP contribution in [0.15, 0.2) is 30.0 Å². The first-order valence-corrected chi connectivity index (χ1v) is 6.19. The Morgan fingerprint density at radius 3 is 2.39 bits per heavy atom. The fourth-order valence-electron chi connectivity index (χ4n) is 1.69. The third-order valence-corrected chi connectivity index (χ3v) is 2.43. The van der Waals surface area contributed by atoms with Crippen LogP contribution in [0.25, 0.3) is 6.08 Å². The van der Waals surface area contributed by atoms with Gasteiger partial charge in [0.25, 0.3) is 0 Å². The molecule has 0 amide bonds. The first kappa shape index (κ1) is 14.3. The molecule has 0 atom stereocenters. The summed E-state index contributed by atoms with van der Waals surface area (Å²) in [6.45, 7) is 6.46. The second-order valence-corrected chi connectivity index (χ2v) is 4.59. The minimum Gasteiger partial charge on any atom is -0.487 e. The number of carboxylic acid groups (broad SMARTS) is 1. The molecule has 3 nitrogen and oxygen atoms in total. The maximum absolute atomic E-state index is 10.9. The van der Waals surface area contributed by atoms with Gasteiger partial charge in [-0.15, -0.1) is 0 Å². The lowest BCUT2D eigenvalue weighted by molar-refractivity contribution is -0.136. The Hall–Kier alpha value is -1.77. The number of hydrogen-bond acceptors (Lipinski definition) is 2. The van der Waals surface area contributed by atoms with Crippen LogP contribution in [0.5, 0.6) is 0 Å². The lowest BCUT2D eigenvalue weighted by Gasteiger charge is -2.06. The van der Waals surface area contributed by atoms with Crippen LogP contribution in [0.1, 0.15) is 31.9 Å². The average molecular weight is 248 g/mol. The van der Waals surface area contributed by atoms with Gasteiger partial charge < -0.3 is 9.84 Å². The number of benzene rings is 1. The molecule has 3 heteroatoms. The Balaban J connectivity index is 2.83. The predicted octanol–water partition coefficient (Wildman–Crippen LogP) is 3.35. The normalized spacial score (nSPS) is 11.7. The summed E-state index contributed by atoms with van der Waals surface area (Å²) >= 11 is 0. The lowest BCUT2D eigenvalue weighted by Crippen LogP contribution is -2.04. The average Bonchev–Trinajstić information content (AvgIpc) is 2.30. The van der Waals surface area contributed by atoms with Gasteiger partial charge in [-0.1, -0.05) is 38.1 Å². The number of aliphatic carboxylic acids is 1. The first-order chi connectivity index (χ1) is 8.52. The Kier molecular flexibility index (Phi) is 5.43. The van der Waals surface area contributed by atoms with Crippen LogP contribution in [-0.4, -0.2) is 17.7 Å². The van der Waals surface area contributed by atoms with E-state index in [0.29, 0.717) is 12.5 Å². The molecule has 0 bridgehead atoms. The number of rotatable bonds is 6. The molecule has 1 aromatic rings. The SMILES string of the molecule is CCOC(=Cc1ccc(CC(C)C)cc1)C(=O)O. The summed E-state index contributed by atoms with van der Waals surface area (Å²) in [7, 11) is 0. The molecule has 1 aromatic carbocycles. The van der Waals surface area contributed by atoms with Crippen LogP contribution in [0.3, 0.4) is 0 Å². The highest BCUT2D eigenvalue weighted by molar-refractivity contribution is 5.89. The smallest absolute Gasteiger partial charge is 0.371 e. The largest absolute Gasteiger partial charge is 0.487 e. The number of ether oxygens (including phenoxy) is 1. The van der Waals surface area contributed by atoms with Gasteiger partial charge >= 0.3 is 5.97 Å². The fraction of sp³-hybridized carbons (Fsp3) is 0.400. The van der Waals surface area contributed by atoms with Crippen LogP contribution >= 0.6 is 0 Å². The maximum atomic E-state index is 10.9. The van der Waals surface area contributed by atoms with Crippen molar-refractivity contribution in [3.8, 4) is 0 Å². The second-order valence-electron chi connectivity index (χ2n) is 4.59. The van der Waals surface area contributed by atoms with E-state index in [1.54, 1.807) is 13.0 Å². The third kappa shape index (κ3) is 4.62. The van der Waals surface area contributed by atoms with Crippen molar-refractivity contribution in [2.75, 3.05) is 6.61 Å². The zero-order valence-electron chi connectivity index (χ0n) is 11.1. The molecule has 18 heavy (non-hydrogen) atoms. The van der Waals surface area contributed by atoms with Gasteiger partial charge in [0.05, 0.1) is 6.61 Å². The molecule has 0 radical (unpaired) electrons. The maximum Gasteiger partial charge on any atom is 0.371 e. The van der Waals surface area contributed by atoms with Crippen LogP contribution < -0.4 is 0 Å². The summed E-state index contributed by atoms with van der Waals surface area (Å²) in [4.78, 5) is 10.9. The monoisotopic (exact) mass is 248 g/mol. The van der Waals surface area contributed by atoms with Crippen molar-refractivity contribution < 1.29 is 14.6 Å². The van der Waals surface area contributed by atoms with Crippen molar-refractivity contribution in [1.82, 2.24) is 0 Å². The van der Waals surface area contributed by atoms with Crippen molar-refractivity contribution in [3.05, 3.63) is 41.2 Å². The summed E-state index contributed by atoms with van der Waals surface area (Å²) < 4.78 is 5.06. The summed E-state index contributed by atoms with van der Waals surface area (Å²) in [6, 6.07) is 7.88. The molecule has 0 heterocycles. The van der Waals surface area contributed by atoms with E-state index in [0.717, 1.165) is 12.0 Å². The molecular formula is C15H20O3. The highest BCUT2D eigenvalue weighted by Crippen LogP contribution is 2.13. The van der Waals surface area contributed by atoms with Gasteiger partial charge in [-0.3, -0.25) is 0 Å². The van der Waals surface area contributed by atoms with E-state index < -0.39 is 5.97 Å². The molecule has 1 rings (SSSR count). The van der Waals surface area contributed by atoms with Gasteiger partial charge in [0.1, 0.15) is 0 Å². The Bertz CT molecular complexity index is 416. The predicted molar refractivity (Wildman–Crippen MR) is 72.2 cm³/mol. The standard InChI is InChI=1S/C15H20O3/c1-4-18-14(15(16)17)10-13-7-5-12(6-8-13)9-11(2)3/h5-8,10-11H,4,9H2,1-3H3,(H,16,17). The molecule has 98 valence electrons. The fourth-order valence-corrected chi connectivity index (χ4v) is 1.69. The number of carboxylic acids is 1. The van der Waals surface area contributed by atoms with Gasteiger partial charge in [0, 0.05) is 0 Å². The van der Waals surface area contributed by atoms with E-state index >= 15 is 0 Å². The van der Waals surface area contributed by atoms with Gasteiger partial charge in [-0.2, -0.15) is 0 Å². The van der Waals surface area contributed by atoms with Gasteiger partial charge in [-0.05, 0) is 36.5 Å². The summed E-state index contributed by atoms with van der Waals surface area (Å²) in [6.07, 6.45) is 2.58. The molecular weight excluding hydrogens is 228 g/mol. The second kappa shape index (κ2) is 6.84. The molecule has 0 aliphatic heterocycles. The number of carbonyl (C=O) groups is 1. The molecule has 0 aromatic heterocycles. The highest BCUT2D eigenvalue weighted by atomic mass is 16.5. The lowest BCUT2D eigenvalue weighted by atomic mass is 10.0. The van der Waals surface area contributed by atoms with E-state index in [2.05, 4.69) is 13.8 Å². The van der Waals surface area contributed by atoms with Crippen molar-refractivity contribution in [2.45, 2.75) is 27.2 Å². The van der Waals surface area contributed by atoms with E-state index in [1.165, 1.54) is 5.56 Å². The molecule has 0 fully saturated rings. The topological polar surface area (TPSA) is 46.5 Å². The Morgan fingerprint density at radius 2 is 1.94 bits per heavy atom. The van der Waals surface area contributed by atoms with Crippen LogP contribution in [0.2, 0.25) is 0 Å². The van der Waals surface area contributed by atoms with E-state index in [-0.39, 0.29) is 5.76 Å². The summed E-state index contributed by atoms with van der Waals surface area (Å²) in [5.41, 5.74) is 2.10. The zero-order chi connectivity index (χ0) is 13.5. The van der Waals surface area contributed by atoms with Gasteiger partial charge in [0.15, 0.2) is 0 Å². The van der Waals surface area contributed by atoms with Crippen molar-refractivity contribution in [1.29, 1.82) is 0 Å². The molecule has 0 saturated heterocycles. The molecule has 0 unspecified atom stereocenters. The van der Waals surface area contributed by atoms with E-state index in [4.69, 9.17) is 9.84 Å². The quantitative estimate of drug-likeness (QED) is 0.620. The third-order valence-electron chi connectivity index (χ3n) is 2.43. The molecule has 0 aliphatic carbocycles. The molecule has 0 saturated carbocycles. The number of hydrogen-bond donors (Lipinski definition) is 1. The first-order valence-electron chi connectivity index (χ1n) is 6.19. The van der Waals surface area contributed by atoms with E-state index in [9.17, 15) is 4.79 Å². The van der Waals surface area contributed by atoms with Crippen LogP contribution in [-0.2, 0) is 16.0 Å². The molecule has 1 N–H and O–H groups in total. The molecule has 0 aliphatic rings. The van der Waals surface area contributed by atoms with Crippen molar-refractivity contribution in [2.24, 2.45) is 5.92 Å². The Morgan fingerprint density at radius 1 is 1.33 bits per heavy atom. The summed E-state index contributed by atoms with van der Waals surface area (Å²) in [5.74, 6) is -0.443. The van der Waals surface area contributed by atoms with Crippen molar-refractivity contribution >= 4 is 12.0 Å². The minimum atomic E-state index is -1.04. The Labute approximate surface area is 108 Å². The van der Waals surface area contributed by atoms with Gasteiger partial charge in [-0.25, -0.2) is 4.79 Å². The van der Waals surface area contributed by atoms with Crippen LogP contribution in [0.4, 0.5) is 0 Å². The minimum absolute atomic E-state index is 0.0193. The summed E-state index contributed by atoms with van der Waals surface area (Å²) in [5, 5.41) is 8.95. The van der Waals surface area contributed by atoms with Crippen LogP contribution in [0, 0.1) is 5.92 Å². The molecule has 0 spiro atoms. The van der Waals surface area contributed by atoms with E-state index in [1.807, 2.05) is 24.3 Å².